The number of nitrogens with zero attached hydrogens (tertiary/aromatic N) is 1. The van der Waals surface area contributed by atoms with E-state index in [1.165, 1.54) is 7.11 Å². The Kier molecular flexibility index (Phi) is 5.68. The number of hydrogen-bond donors (Lipinski definition) is 2. The van der Waals surface area contributed by atoms with Crippen molar-refractivity contribution < 1.29 is 24.5 Å². The molecule has 0 bridgehead atoms. The van der Waals surface area contributed by atoms with E-state index in [-0.39, 0.29) is 5.75 Å². The predicted molar refractivity (Wildman–Crippen MR) is 91.6 cm³/mol. The first-order valence-electron chi connectivity index (χ1n) is 7.12. The van der Waals surface area contributed by atoms with E-state index in [1.807, 2.05) is 0 Å². The fraction of sp³-hybridized carbons (Fsp3) is 0.167. The van der Waals surface area contributed by atoms with Crippen LogP contribution in [0.5, 0.6) is 23.0 Å². The lowest BCUT2D eigenvalue weighted by Gasteiger charge is -2.08. The second kappa shape index (κ2) is 7.92. The highest BCUT2D eigenvalue weighted by Crippen LogP contribution is 2.27. The zero-order valence-electron chi connectivity index (χ0n) is 13.7. The smallest absolute Gasteiger partial charge is 0.160 e. The van der Waals surface area contributed by atoms with E-state index >= 15 is 0 Å². The standard InChI is InChI=1S/C18H19NO5/c1-22-14-9-13(10-15(11-14)23-2)16(19-21)6-4-12-5-7-18(24-3)17(20)8-12/h4-11,20-21H,1-3H3/b6-4+,19-16+. The van der Waals surface area contributed by atoms with Crippen molar-refractivity contribution in [3.8, 4) is 23.0 Å². The summed E-state index contributed by atoms with van der Waals surface area (Å²) in [6.07, 6.45) is 3.33. The minimum Gasteiger partial charge on any atom is -0.504 e. The molecule has 0 amide bonds. The van der Waals surface area contributed by atoms with E-state index in [4.69, 9.17) is 14.2 Å². The molecule has 0 aliphatic rings. The monoisotopic (exact) mass is 329 g/mol. The van der Waals surface area contributed by atoms with Gasteiger partial charge in [0.2, 0.25) is 0 Å². The summed E-state index contributed by atoms with van der Waals surface area (Å²) in [5, 5.41) is 22.4. The van der Waals surface area contributed by atoms with Gasteiger partial charge < -0.3 is 24.5 Å². The average molecular weight is 329 g/mol. The zero-order chi connectivity index (χ0) is 17.5. The van der Waals surface area contributed by atoms with Crippen LogP contribution in [0.25, 0.3) is 6.08 Å². The van der Waals surface area contributed by atoms with Gasteiger partial charge in [-0.15, -0.1) is 0 Å². The van der Waals surface area contributed by atoms with E-state index in [0.29, 0.717) is 28.5 Å². The van der Waals surface area contributed by atoms with Crippen LogP contribution < -0.4 is 14.2 Å². The largest absolute Gasteiger partial charge is 0.504 e. The van der Waals surface area contributed by atoms with Gasteiger partial charge in [-0.05, 0) is 35.9 Å². The maximum atomic E-state index is 9.80. The van der Waals surface area contributed by atoms with Gasteiger partial charge in [0.25, 0.3) is 0 Å². The first kappa shape index (κ1) is 17.2. The molecule has 2 aromatic rings. The van der Waals surface area contributed by atoms with E-state index in [0.717, 1.165) is 5.56 Å². The average Bonchev–Trinajstić information content (AvgIpc) is 2.62. The van der Waals surface area contributed by atoms with Crippen LogP contribution in [-0.4, -0.2) is 37.4 Å². The summed E-state index contributed by atoms with van der Waals surface area (Å²) < 4.78 is 15.4. The Morgan fingerprint density at radius 3 is 2.12 bits per heavy atom. The molecule has 0 saturated carbocycles. The van der Waals surface area contributed by atoms with Gasteiger partial charge >= 0.3 is 0 Å². The highest BCUT2D eigenvalue weighted by molar-refractivity contribution is 6.10. The lowest BCUT2D eigenvalue weighted by molar-refractivity contribution is 0.320. The van der Waals surface area contributed by atoms with Crippen molar-refractivity contribution in [2.75, 3.05) is 21.3 Å². The molecule has 0 aromatic heterocycles. The van der Waals surface area contributed by atoms with Crippen LogP contribution in [0.4, 0.5) is 0 Å². The summed E-state index contributed by atoms with van der Waals surface area (Å²) in [6, 6.07) is 10.2. The van der Waals surface area contributed by atoms with Crippen LogP contribution >= 0.6 is 0 Å². The summed E-state index contributed by atoms with van der Waals surface area (Å²) in [6.45, 7) is 0. The van der Waals surface area contributed by atoms with Crippen molar-refractivity contribution in [3.05, 3.63) is 53.6 Å². The lowest BCUT2D eigenvalue weighted by Crippen LogP contribution is -1.99. The van der Waals surface area contributed by atoms with Gasteiger partial charge in [0.15, 0.2) is 11.5 Å². The van der Waals surface area contributed by atoms with Crippen molar-refractivity contribution in [1.82, 2.24) is 0 Å². The SMILES string of the molecule is COc1cc(OC)cc(C(/C=C/c2ccc(OC)c(O)c2)=N/O)c1. The number of ether oxygens (including phenoxy) is 3. The van der Waals surface area contributed by atoms with Crippen LogP contribution in [0, 0.1) is 0 Å². The maximum absolute atomic E-state index is 9.80. The third kappa shape index (κ3) is 3.98. The van der Waals surface area contributed by atoms with Gasteiger partial charge in [0, 0.05) is 11.6 Å². The number of hydrogen-bond acceptors (Lipinski definition) is 6. The van der Waals surface area contributed by atoms with Gasteiger partial charge in [-0.3, -0.25) is 0 Å². The van der Waals surface area contributed by atoms with E-state index in [2.05, 4.69) is 5.16 Å². The summed E-state index contributed by atoms with van der Waals surface area (Å²) in [5.74, 6) is 1.59. The normalized spacial score (nSPS) is 11.5. The van der Waals surface area contributed by atoms with Gasteiger partial charge in [-0.25, -0.2) is 0 Å². The molecule has 0 heterocycles. The predicted octanol–water partition coefficient (Wildman–Crippen LogP) is 3.31. The molecule has 126 valence electrons. The molecule has 2 aromatic carbocycles. The maximum Gasteiger partial charge on any atom is 0.160 e. The molecule has 24 heavy (non-hydrogen) atoms. The second-order valence-electron chi connectivity index (χ2n) is 4.85. The Bertz CT molecular complexity index is 746. The number of allylic oxidation sites excluding steroid dienone is 1. The van der Waals surface area contributed by atoms with Crippen molar-refractivity contribution in [3.63, 3.8) is 0 Å². The Labute approximate surface area is 140 Å². The minimum atomic E-state index is 0.0326. The summed E-state index contributed by atoms with van der Waals surface area (Å²) >= 11 is 0. The topological polar surface area (TPSA) is 80.5 Å². The molecule has 0 aliphatic heterocycles. The number of methoxy groups -OCH3 is 3. The molecule has 2 rings (SSSR count). The highest BCUT2D eigenvalue weighted by atomic mass is 16.5. The number of phenolic OH excluding ortho intramolecular Hbond substituents is 1. The van der Waals surface area contributed by atoms with Crippen LogP contribution in [0.3, 0.4) is 0 Å². The van der Waals surface area contributed by atoms with E-state index in [1.54, 1.807) is 62.8 Å². The van der Waals surface area contributed by atoms with Gasteiger partial charge in [-0.2, -0.15) is 0 Å². The molecular formula is C18H19NO5. The Morgan fingerprint density at radius 2 is 1.62 bits per heavy atom. The molecule has 2 N–H and O–H groups in total. The van der Waals surface area contributed by atoms with Crippen LogP contribution in [0.1, 0.15) is 11.1 Å². The molecule has 6 nitrogen and oxygen atoms in total. The van der Waals surface area contributed by atoms with E-state index in [9.17, 15) is 10.3 Å². The summed E-state index contributed by atoms with van der Waals surface area (Å²) in [7, 11) is 4.58. The number of aromatic hydroxyl groups is 1. The van der Waals surface area contributed by atoms with Gasteiger partial charge in [0.05, 0.1) is 21.3 Å². The van der Waals surface area contributed by atoms with Gasteiger partial charge in [0.1, 0.15) is 17.2 Å². The summed E-state index contributed by atoms with van der Waals surface area (Å²) in [5.41, 5.74) is 1.68. The van der Waals surface area contributed by atoms with Crippen molar-refractivity contribution >= 4 is 11.8 Å². The third-order valence-corrected chi connectivity index (χ3v) is 3.39. The molecule has 0 spiro atoms. The number of oxime groups is 1. The Balaban J connectivity index is 2.31. The molecule has 0 saturated heterocycles. The van der Waals surface area contributed by atoms with Crippen LogP contribution in [-0.2, 0) is 0 Å². The molecule has 0 unspecified atom stereocenters. The minimum absolute atomic E-state index is 0.0326. The second-order valence-corrected chi connectivity index (χ2v) is 4.85. The molecule has 0 aliphatic carbocycles. The number of benzene rings is 2. The molecular weight excluding hydrogens is 310 g/mol. The van der Waals surface area contributed by atoms with Crippen molar-refractivity contribution in [2.45, 2.75) is 0 Å². The van der Waals surface area contributed by atoms with Gasteiger partial charge in [-0.1, -0.05) is 17.3 Å². The fourth-order valence-electron chi connectivity index (χ4n) is 2.13. The molecule has 0 radical (unpaired) electrons. The Hall–Kier alpha value is -3.15. The molecule has 0 atom stereocenters. The fourth-order valence-corrected chi connectivity index (χ4v) is 2.13. The van der Waals surface area contributed by atoms with Crippen molar-refractivity contribution in [1.29, 1.82) is 0 Å². The summed E-state index contributed by atoms with van der Waals surface area (Å²) in [4.78, 5) is 0. The number of phenols is 1. The first-order valence-corrected chi connectivity index (χ1v) is 7.12. The quantitative estimate of drug-likeness (QED) is 0.483. The first-order chi connectivity index (χ1) is 11.6. The Morgan fingerprint density at radius 1 is 0.958 bits per heavy atom. The molecule has 0 fully saturated rings. The van der Waals surface area contributed by atoms with E-state index < -0.39 is 0 Å². The van der Waals surface area contributed by atoms with Crippen LogP contribution in [0.15, 0.2) is 47.6 Å². The van der Waals surface area contributed by atoms with Crippen molar-refractivity contribution in [2.24, 2.45) is 5.16 Å². The highest BCUT2D eigenvalue weighted by Gasteiger charge is 2.07. The third-order valence-electron chi connectivity index (χ3n) is 3.39. The lowest BCUT2D eigenvalue weighted by atomic mass is 10.1. The van der Waals surface area contributed by atoms with Crippen LogP contribution in [0.2, 0.25) is 0 Å². The molecule has 6 heteroatoms. The number of rotatable bonds is 6. The zero-order valence-corrected chi connectivity index (χ0v) is 13.7.